The van der Waals surface area contributed by atoms with Crippen molar-refractivity contribution in [3.05, 3.63) is 69.4 Å². The van der Waals surface area contributed by atoms with E-state index in [0.717, 1.165) is 35.0 Å². The van der Waals surface area contributed by atoms with Gasteiger partial charge in [-0.1, -0.05) is 60.5 Å². The molecule has 0 aliphatic carbocycles. The maximum atomic E-state index is 13.6. The molecule has 1 nitrogen and oxygen atoms in total. The summed E-state index contributed by atoms with van der Waals surface area (Å²) in [6.07, 6.45) is 2.24. The second-order valence-electron chi connectivity index (χ2n) is 5.15. The highest BCUT2D eigenvalue weighted by Gasteiger charge is 2.16. The van der Waals surface area contributed by atoms with E-state index < -0.39 is 0 Å². The number of hydrogen-bond donors (Lipinski definition) is 1. The minimum absolute atomic E-state index is 0.00393. The van der Waals surface area contributed by atoms with Gasteiger partial charge in [0.05, 0.1) is 6.04 Å². The second kappa shape index (κ2) is 7.71. The first-order chi connectivity index (χ1) is 10.2. The van der Waals surface area contributed by atoms with Gasteiger partial charge in [-0.3, -0.25) is 0 Å². The lowest BCUT2D eigenvalue weighted by atomic mass is 9.97. The Morgan fingerprint density at radius 1 is 1.10 bits per heavy atom. The Labute approximate surface area is 134 Å². The lowest BCUT2D eigenvalue weighted by Gasteiger charge is -2.21. The lowest BCUT2D eigenvalue weighted by molar-refractivity contribution is 0.601. The molecule has 0 saturated heterocycles. The van der Waals surface area contributed by atoms with E-state index in [1.165, 1.54) is 11.6 Å². The lowest BCUT2D eigenvalue weighted by Crippen LogP contribution is -2.22. The van der Waals surface area contributed by atoms with Crippen molar-refractivity contribution in [1.82, 2.24) is 5.32 Å². The van der Waals surface area contributed by atoms with Gasteiger partial charge in [0.25, 0.3) is 0 Å². The molecule has 0 saturated carbocycles. The summed E-state index contributed by atoms with van der Waals surface area (Å²) < 4.78 is 14.5. The summed E-state index contributed by atoms with van der Waals surface area (Å²) in [6.45, 7) is 5.06. The molecule has 3 heteroatoms. The van der Waals surface area contributed by atoms with Crippen molar-refractivity contribution < 1.29 is 4.39 Å². The van der Waals surface area contributed by atoms with Crippen LogP contribution in [0.1, 0.15) is 43.0 Å². The van der Waals surface area contributed by atoms with E-state index in [1.807, 2.05) is 0 Å². The van der Waals surface area contributed by atoms with Gasteiger partial charge in [0.1, 0.15) is 5.82 Å². The Balaban J connectivity index is 2.35. The SMILES string of the molecule is CCCc1ccc(C(NCC)c2cc(F)ccc2Br)cc1. The average molecular weight is 350 g/mol. The minimum Gasteiger partial charge on any atom is -0.306 e. The number of benzene rings is 2. The van der Waals surface area contributed by atoms with Crippen LogP contribution in [-0.4, -0.2) is 6.54 Å². The maximum absolute atomic E-state index is 13.6. The van der Waals surface area contributed by atoms with Crippen LogP contribution in [0.4, 0.5) is 4.39 Å². The fourth-order valence-corrected chi connectivity index (χ4v) is 2.99. The van der Waals surface area contributed by atoms with Crippen LogP contribution >= 0.6 is 15.9 Å². The molecule has 21 heavy (non-hydrogen) atoms. The summed E-state index contributed by atoms with van der Waals surface area (Å²) >= 11 is 3.53. The molecular formula is C18H21BrFN. The quantitative estimate of drug-likeness (QED) is 0.751. The molecule has 0 aliphatic rings. The standard InChI is InChI=1S/C18H21BrFN/c1-3-5-13-6-8-14(9-7-13)18(21-4-2)16-12-15(20)10-11-17(16)19/h6-12,18,21H,3-5H2,1-2H3. The molecule has 0 heterocycles. The Morgan fingerprint density at radius 3 is 2.43 bits per heavy atom. The van der Waals surface area contributed by atoms with E-state index in [9.17, 15) is 4.39 Å². The van der Waals surface area contributed by atoms with Crippen molar-refractivity contribution in [3.8, 4) is 0 Å². The van der Waals surface area contributed by atoms with E-state index in [4.69, 9.17) is 0 Å². The van der Waals surface area contributed by atoms with Crippen LogP contribution in [0.3, 0.4) is 0 Å². The summed E-state index contributed by atoms with van der Waals surface area (Å²) in [5.41, 5.74) is 3.43. The van der Waals surface area contributed by atoms with Crippen LogP contribution in [0.5, 0.6) is 0 Å². The predicted molar refractivity (Wildman–Crippen MR) is 90.1 cm³/mol. The average Bonchev–Trinajstić information content (AvgIpc) is 2.49. The van der Waals surface area contributed by atoms with Gasteiger partial charge in [-0.25, -0.2) is 4.39 Å². The molecule has 0 aromatic heterocycles. The normalized spacial score (nSPS) is 12.4. The monoisotopic (exact) mass is 349 g/mol. The molecule has 2 rings (SSSR count). The molecule has 1 atom stereocenters. The summed E-state index contributed by atoms with van der Waals surface area (Å²) in [4.78, 5) is 0. The smallest absolute Gasteiger partial charge is 0.123 e. The summed E-state index contributed by atoms with van der Waals surface area (Å²) in [5.74, 6) is -0.210. The Bertz CT molecular complexity index is 580. The second-order valence-corrected chi connectivity index (χ2v) is 6.00. The molecule has 2 aromatic rings. The molecular weight excluding hydrogens is 329 g/mol. The highest BCUT2D eigenvalue weighted by Crippen LogP contribution is 2.29. The summed E-state index contributed by atoms with van der Waals surface area (Å²) in [5, 5.41) is 3.44. The van der Waals surface area contributed by atoms with Crippen LogP contribution < -0.4 is 5.32 Å². The fraction of sp³-hybridized carbons (Fsp3) is 0.333. The van der Waals surface area contributed by atoms with Gasteiger partial charge in [-0.15, -0.1) is 0 Å². The van der Waals surface area contributed by atoms with Crippen molar-refractivity contribution in [2.45, 2.75) is 32.7 Å². The predicted octanol–water partition coefficient (Wildman–Crippen LogP) is 5.24. The van der Waals surface area contributed by atoms with Crippen LogP contribution in [0.25, 0.3) is 0 Å². The van der Waals surface area contributed by atoms with Crippen LogP contribution in [0, 0.1) is 5.82 Å². The first-order valence-corrected chi connectivity index (χ1v) is 8.22. The summed E-state index contributed by atoms with van der Waals surface area (Å²) in [6, 6.07) is 13.4. The third-order valence-electron chi connectivity index (χ3n) is 3.53. The van der Waals surface area contributed by atoms with E-state index in [0.29, 0.717) is 0 Å². The number of nitrogens with one attached hydrogen (secondary N) is 1. The highest BCUT2D eigenvalue weighted by atomic mass is 79.9. The molecule has 0 aliphatic heterocycles. The highest BCUT2D eigenvalue weighted by molar-refractivity contribution is 9.10. The fourth-order valence-electron chi connectivity index (χ4n) is 2.51. The van der Waals surface area contributed by atoms with Crippen LogP contribution in [0.2, 0.25) is 0 Å². The zero-order valence-electron chi connectivity index (χ0n) is 12.5. The van der Waals surface area contributed by atoms with Crippen molar-refractivity contribution in [2.24, 2.45) is 0 Å². The van der Waals surface area contributed by atoms with Gasteiger partial charge in [0.2, 0.25) is 0 Å². The van der Waals surface area contributed by atoms with Gasteiger partial charge in [-0.2, -0.15) is 0 Å². The van der Waals surface area contributed by atoms with Gasteiger partial charge in [-0.05, 0) is 47.9 Å². The van der Waals surface area contributed by atoms with Crippen LogP contribution in [0.15, 0.2) is 46.9 Å². The van der Waals surface area contributed by atoms with Crippen molar-refractivity contribution in [3.63, 3.8) is 0 Å². The van der Waals surface area contributed by atoms with E-state index in [-0.39, 0.29) is 11.9 Å². The molecule has 0 radical (unpaired) electrons. The number of halogens is 2. The third kappa shape index (κ3) is 4.14. The molecule has 2 aromatic carbocycles. The largest absolute Gasteiger partial charge is 0.306 e. The zero-order chi connectivity index (χ0) is 15.2. The van der Waals surface area contributed by atoms with E-state index >= 15 is 0 Å². The molecule has 1 unspecified atom stereocenters. The Kier molecular flexibility index (Phi) is 5.95. The van der Waals surface area contributed by atoms with Gasteiger partial charge < -0.3 is 5.32 Å². The molecule has 112 valence electrons. The number of aryl methyl sites for hydroxylation is 1. The van der Waals surface area contributed by atoms with Gasteiger partial charge >= 0.3 is 0 Å². The first kappa shape index (κ1) is 16.2. The van der Waals surface area contributed by atoms with E-state index in [1.54, 1.807) is 12.1 Å². The van der Waals surface area contributed by atoms with Gasteiger partial charge in [0.15, 0.2) is 0 Å². The Hall–Kier alpha value is -1.19. The molecule has 1 N–H and O–H groups in total. The topological polar surface area (TPSA) is 12.0 Å². The van der Waals surface area contributed by atoms with Crippen LogP contribution in [-0.2, 0) is 6.42 Å². The zero-order valence-corrected chi connectivity index (χ0v) is 14.1. The van der Waals surface area contributed by atoms with Crippen molar-refractivity contribution in [1.29, 1.82) is 0 Å². The molecule has 0 fully saturated rings. The summed E-state index contributed by atoms with van der Waals surface area (Å²) in [7, 11) is 0. The van der Waals surface area contributed by atoms with Gasteiger partial charge in [0, 0.05) is 4.47 Å². The molecule has 0 spiro atoms. The minimum atomic E-state index is -0.210. The number of rotatable bonds is 6. The van der Waals surface area contributed by atoms with Crippen molar-refractivity contribution in [2.75, 3.05) is 6.54 Å². The Morgan fingerprint density at radius 2 is 1.81 bits per heavy atom. The molecule has 0 amide bonds. The van der Waals surface area contributed by atoms with E-state index in [2.05, 4.69) is 59.4 Å². The third-order valence-corrected chi connectivity index (χ3v) is 4.25. The number of hydrogen-bond acceptors (Lipinski definition) is 1. The maximum Gasteiger partial charge on any atom is 0.123 e. The first-order valence-electron chi connectivity index (χ1n) is 7.42. The van der Waals surface area contributed by atoms with Crippen molar-refractivity contribution >= 4 is 15.9 Å². The molecule has 0 bridgehead atoms.